The quantitative estimate of drug-likeness (QED) is 0.761. The molecular weight excluding hydrogens is 320 g/mol. The first kappa shape index (κ1) is 19.0. The third-order valence-corrected chi connectivity index (χ3v) is 4.76. The van der Waals surface area contributed by atoms with Crippen molar-refractivity contribution in [2.45, 2.75) is 51.0 Å². The van der Waals surface area contributed by atoms with Crippen LogP contribution in [0.1, 0.15) is 54.4 Å². The zero-order valence-corrected chi connectivity index (χ0v) is 14.6. The lowest BCUT2D eigenvalue weighted by Crippen LogP contribution is -2.43. The van der Waals surface area contributed by atoms with Crippen LogP contribution >= 0.6 is 0 Å². The van der Waals surface area contributed by atoms with Gasteiger partial charge in [-0.25, -0.2) is 0 Å². The highest BCUT2D eigenvalue weighted by Crippen LogP contribution is 2.23. The first-order valence-corrected chi connectivity index (χ1v) is 8.84. The topological polar surface area (TPSA) is 95.5 Å². The first-order chi connectivity index (χ1) is 12.0. The molecule has 2 amide bonds. The fraction of sp³-hybridized carbons (Fsp3) is 0.526. The molecule has 1 saturated carbocycles. The molecule has 0 unspecified atom stereocenters. The summed E-state index contributed by atoms with van der Waals surface area (Å²) in [5, 5.41) is 14.9. The summed E-state index contributed by atoms with van der Waals surface area (Å²) in [7, 11) is 1.58. The highest BCUT2D eigenvalue weighted by atomic mass is 16.4. The standard InChI is InChI=1S/C19H26N2O4/c1-20-17(22)12-13-8-10-14(11-9-13)18(23)21-16-7-5-3-2-4-6-15(16)19(24)25/h8-11,15-16H,2-7,12H2,1H3,(H,20,22)(H,21,23)(H,24,25)/t15-,16+/m0/s1. The van der Waals surface area contributed by atoms with Crippen LogP contribution in [0.2, 0.25) is 0 Å². The van der Waals surface area contributed by atoms with Gasteiger partial charge in [0, 0.05) is 18.7 Å². The Labute approximate surface area is 148 Å². The number of likely N-dealkylation sites (N-methyl/N-ethyl adjacent to an activating group) is 1. The van der Waals surface area contributed by atoms with Gasteiger partial charge in [0.15, 0.2) is 0 Å². The van der Waals surface area contributed by atoms with E-state index in [-0.39, 0.29) is 24.3 Å². The minimum absolute atomic E-state index is 0.0870. The number of hydrogen-bond acceptors (Lipinski definition) is 3. The lowest BCUT2D eigenvalue weighted by Gasteiger charge is -2.27. The molecule has 1 aromatic carbocycles. The Bertz CT molecular complexity index is 612. The Morgan fingerprint density at radius 3 is 2.28 bits per heavy atom. The van der Waals surface area contributed by atoms with E-state index < -0.39 is 11.9 Å². The largest absolute Gasteiger partial charge is 0.481 e. The lowest BCUT2D eigenvalue weighted by molar-refractivity contribution is -0.143. The summed E-state index contributed by atoms with van der Waals surface area (Å²) in [5.41, 5.74) is 1.30. The van der Waals surface area contributed by atoms with Crippen molar-refractivity contribution in [3.8, 4) is 0 Å². The van der Waals surface area contributed by atoms with Crippen LogP contribution in [0, 0.1) is 5.92 Å². The highest BCUT2D eigenvalue weighted by Gasteiger charge is 2.30. The van der Waals surface area contributed by atoms with Crippen LogP contribution in [-0.2, 0) is 16.0 Å². The second-order valence-corrected chi connectivity index (χ2v) is 6.56. The van der Waals surface area contributed by atoms with Crippen molar-refractivity contribution >= 4 is 17.8 Å². The van der Waals surface area contributed by atoms with Crippen molar-refractivity contribution in [2.75, 3.05) is 7.05 Å². The summed E-state index contributed by atoms with van der Waals surface area (Å²) < 4.78 is 0. The van der Waals surface area contributed by atoms with Crippen LogP contribution in [0.25, 0.3) is 0 Å². The van der Waals surface area contributed by atoms with E-state index in [1.165, 1.54) is 0 Å². The van der Waals surface area contributed by atoms with Gasteiger partial charge in [-0.15, -0.1) is 0 Å². The zero-order chi connectivity index (χ0) is 18.2. The number of rotatable bonds is 5. The van der Waals surface area contributed by atoms with Crippen LogP contribution < -0.4 is 10.6 Å². The lowest BCUT2D eigenvalue weighted by atomic mass is 9.86. The van der Waals surface area contributed by atoms with Gasteiger partial charge in [0.25, 0.3) is 5.91 Å². The van der Waals surface area contributed by atoms with Crippen molar-refractivity contribution in [2.24, 2.45) is 5.92 Å². The third-order valence-electron chi connectivity index (χ3n) is 4.76. The number of carboxylic acid groups (broad SMARTS) is 1. The van der Waals surface area contributed by atoms with Gasteiger partial charge in [0.2, 0.25) is 5.91 Å². The molecule has 0 saturated heterocycles. The molecule has 0 radical (unpaired) electrons. The SMILES string of the molecule is CNC(=O)Cc1ccc(C(=O)N[C@@H]2CCCCCC[C@@H]2C(=O)O)cc1. The minimum Gasteiger partial charge on any atom is -0.481 e. The number of carbonyl (C=O) groups excluding carboxylic acids is 2. The van der Waals surface area contributed by atoms with Crippen molar-refractivity contribution in [3.63, 3.8) is 0 Å². The number of carbonyl (C=O) groups is 3. The monoisotopic (exact) mass is 346 g/mol. The molecule has 1 aromatic rings. The van der Waals surface area contributed by atoms with Crippen LogP contribution in [0.15, 0.2) is 24.3 Å². The maximum atomic E-state index is 12.5. The molecule has 1 aliphatic carbocycles. The molecule has 1 aliphatic rings. The molecule has 0 spiro atoms. The van der Waals surface area contributed by atoms with E-state index in [0.29, 0.717) is 18.4 Å². The second kappa shape index (κ2) is 9.20. The molecule has 6 heteroatoms. The Morgan fingerprint density at radius 1 is 1.04 bits per heavy atom. The summed E-state index contributed by atoms with van der Waals surface area (Å²) in [6, 6.07) is 6.50. The van der Waals surface area contributed by atoms with Gasteiger partial charge < -0.3 is 15.7 Å². The molecule has 2 atom stereocenters. The molecule has 0 heterocycles. The van der Waals surface area contributed by atoms with Gasteiger partial charge >= 0.3 is 5.97 Å². The van der Waals surface area contributed by atoms with Gasteiger partial charge in [0.05, 0.1) is 12.3 Å². The molecular formula is C19H26N2O4. The number of amides is 2. The van der Waals surface area contributed by atoms with Crippen molar-refractivity contribution in [3.05, 3.63) is 35.4 Å². The Morgan fingerprint density at radius 2 is 1.68 bits per heavy atom. The Kier molecular flexibility index (Phi) is 6.98. The zero-order valence-electron chi connectivity index (χ0n) is 14.6. The molecule has 0 aliphatic heterocycles. The number of nitrogens with one attached hydrogen (secondary N) is 2. The van der Waals surface area contributed by atoms with E-state index >= 15 is 0 Å². The minimum atomic E-state index is -0.840. The van der Waals surface area contributed by atoms with E-state index in [4.69, 9.17) is 0 Å². The number of aliphatic carboxylic acids is 1. The van der Waals surface area contributed by atoms with E-state index in [9.17, 15) is 19.5 Å². The smallest absolute Gasteiger partial charge is 0.308 e. The molecule has 0 aromatic heterocycles. The summed E-state index contributed by atoms with van der Waals surface area (Å²) in [5.74, 6) is -1.72. The Hall–Kier alpha value is -2.37. The van der Waals surface area contributed by atoms with Crippen LogP contribution in [-0.4, -0.2) is 36.0 Å². The van der Waals surface area contributed by atoms with E-state index in [1.807, 2.05) is 0 Å². The molecule has 6 nitrogen and oxygen atoms in total. The molecule has 0 bridgehead atoms. The van der Waals surface area contributed by atoms with E-state index in [0.717, 1.165) is 31.2 Å². The average molecular weight is 346 g/mol. The predicted molar refractivity (Wildman–Crippen MR) is 94.3 cm³/mol. The molecule has 25 heavy (non-hydrogen) atoms. The van der Waals surface area contributed by atoms with E-state index in [2.05, 4.69) is 10.6 Å². The van der Waals surface area contributed by atoms with Crippen LogP contribution in [0.4, 0.5) is 0 Å². The number of carboxylic acids is 1. The average Bonchev–Trinajstić information content (AvgIpc) is 2.57. The molecule has 136 valence electrons. The maximum absolute atomic E-state index is 12.5. The summed E-state index contributed by atoms with van der Waals surface area (Å²) in [6.45, 7) is 0. The summed E-state index contributed by atoms with van der Waals surface area (Å²) >= 11 is 0. The fourth-order valence-corrected chi connectivity index (χ4v) is 3.25. The van der Waals surface area contributed by atoms with Crippen molar-refractivity contribution in [1.82, 2.24) is 10.6 Å². The van der Waals surface area contributed by atoms with Gasteiger partial charge in [-0.05, 0) is 30.5 Å². The molecule has 3 N–H and O–H groups in total. The number of benzene rings is 1. The highest BCUT2D eigenvalue weighted by molar-refractivity contribution is 5.94. The predicted octanol–water partition coefficient (Wildman–Crippen LogP) is 2.13. The van der Waals surface area contributed by atoms with Crippen molar-refractivity contribution < 1.29 is 19.5 Å². The van der Waals surface area contributed by atoms with Gasteiger partial charge in [-0.2, -0.15) is 0 Å². The third kappa shape index (κ3) is 5.59. The number of hydrogen-bond donors (Lipinski definition) is 3. The van der Waals surface area contributed by atoms with Crippen LogP contribution in [0.3, 0.4) is 0 Å². The summed E-state index contributed by atoms with van der Waals surface area (Å²) in [6.07, 6.45) is 5.51. The molecule has 2 rings (SSSR count). The summed E-state index contributed by atoms with van der Waals surface area (Å²) in [4.78, 5) is 35.4. The maximum Gasteiger partial charge on any atom is 0.308 e. The Balaban J connectivity index is 2.03. The van der Waals surface area contributed by atoms with Gasteiger partial charge in [-0.3, -0.25) is 14.4 Å². The first-order valence-electron chi connectivity index (χ1n) is 8.84. The van der Waals surface area contributed by atoms with Gasteiger partial charge in [0.1, 0.15) is 0 Å². The molecule has 1 fully saturated rings. The van der Waals surface area contributed by atoms with Crippen LogP contribution in [0.5, 0.6) is 0 Å². The second-order valence-electron chi connectivity index (χ2n) is 6.56. The fourth-order valence-electron chi connectivity index (χ4n) is 3.25. The van der Waals surface area contributed by atoms with Gasteiger partial charge in [-0.1, -0.05) is 37.8 Å². The van der Waals surface area contributed by atoms with E-state index in [1.54, 1.807) is 31.3 Å². The normalized spacial score (nSPS) is 20.8. The van der Waals surface area contributed by atoms with Crippen molar-refractivity contribution in [1.29, 1.82) is 0 Å².